The molecule has 4 aromatic rings. The lowest BCUT2D eigenvalue weighted by molar-refractivity contribution is 0.0745. The Morgan fingerprint density at radius 3 is 2.49 bits per heavy atom. The minimum atomic E-state index is 0.0886. The lowest BCUT2D eigenvalue weighted by Gasteiger charge is -2.34. The number of halogens is 1. The highest BCUT2D eigenvalue weighted by atomic mass is 35.5. The van der Waals surface area contributed by atoms with E-state index in [1.54, 1.807) is 23.7 Å². The molecule has 1 aromatic carbocycles. The highest BCUT2D eigenvalue weighted by Gasteiger charge is 2.30. The van der Waals surface area contributed by atoms with E-state index in [0.717, 1.165) is 65.1 Å². The second-order valence-corrected chi connectivity index (χ2v) is 10.9. The van der Waals surface area contributed by atoms with Crippen molar-refractivity contribution >= 4 is 34.8 Å². The molecule has 190 valence electrons. The van der Waals surface area contributed by atoms with Crippen LogP contribution in [0.1, 0.15) is 47.8 Å². The second kappa shape index (κ2) is 10.3. The molecule has 0 N–H and O–H groups in total. The van der Waals surface area contributed by atoms with Gasteiger partial charge in [0.2, 0.25) is 5.95 Å². The Bertz CT molecular complexity index is 1400. The SMILES string of the molecule is Cc1c(C(=O)N2CCN(c3ncccn3)CC2)cc(-c2csc(-c3ccccc3Cl)n2)n1C1CCCC1. The molecule has 0 unspecified atom stereocenters. The average Bonchev–Trinajstić information content (AvgIpc) is 3.70. The van der Waals surface area contributed by atoms with Crippen molar-refractivity contribution in [1.82, 2.24) is 24.4 Å². The van der Waals surface area contributed by atoms with Crippen LogP contribution in [-0.4, -0.2) is 56.5 Å². The van der Waals surface area contributed by atoms with Crippen LogP contribution in [0.3, 0.4) is 0 Å². The summed E-state index contributed by atoms with van der Waals surface area (Å²) in [5.74, 6) is 0.809. The molecule has 37 heavy (non-hydrogen) atoms. The number of hydrogen-bond acceptors (Lipinski definition) is 6. The number of aromatic nitrogens is 4. The molecule has 0 spiro atoms. The van der Waals surface area contributed by atoms with E-state index >= 15 is 0 Å². The first-order valence-electron chi connectivity index (χ1n) is 12.8. The fourth-order valence-electron chi connectivity index (χ4n) is 5.55. The number of nitrogens with zero attached hydrogens (tertiary/aromatic N) is 6. The van der Waals surface area contributed by atoms with E-state index in [-0.39, 0.29) is 5.91 Å². The topological polar surface area (TPSA) is 67.2 Å². The summed E-state index contributed by atoms with van der Waals surface area (Å²) < 4.78 is 2.37. The summed E-state index contributed by atoms with van der Waals surface area (Å²) in [4.78, 5) is 31.6. The van der Waals surface area contributed by atoms with Gasteiger partial charge < -0.3 is 14.4 Å². The van der Waals surface area contributed by atoms with E-state index in [9.17, 15) is 4.79 Å². The van der Waals surface area contributed by atoms with Crippen molar-refractivity contribution in [3.8, 4) is 22.0 Å². The van der Waals surface area contributed by atoms with Crippen LogP contribution >= 0.6 is 22.9 Å². The van der Waals surface area contributed by atoms with Crippen LogP contribution < -0.4 is 4.90 Å². The Balaban J connectivity index is 1.30. The summed E-state index contributed by atoms with van der Waals surface area (Å²) in [7, 11) is 0. The Morgan fingerprint density at radius 1 is 1.03 bits per heavy atom. The Morgan fingerprint density at radius 2 is 1.76 bits per heavy atom. The maximum absolute atomic E-state index is 13.8. The third kappa shape index (κ3) is 4.64. The zero-order valence-electron chi connectivity index (χ0n) is 20.8. The molecule has 7 nitrogen and oxygen atoms in total. The zero-order valence-corrected chi connectivity index (χ0v) is 22.4. The van der Waals surface area contributed by atoms with Crippen molar-refractivity contribution in [2.24, 2.45) is 0 Å². The largest absolute Gasteiger partial charge is 0.340 e. The first kappa shape index (κ1) is 24.1. The molecule has 9 heteroatoms. The van der Waals surface area contributed by atoms with E-state index in [1.165, 1.54) is 12.8 Å². The molecule has 1 saturated carbocycles. The van der Waals surface area contributed by atoms with Gasteiger partial charge in [0, 0.05) is 61.3 Å². The van der Waals surface area contributed by atoms with Crippen LogP contribution in [0.15, 0.2) is 54.2 Å². The number of thiazole rings is 1. The van der Waals surface area contributed by atoms with Crippen LogP contribution in [0.4, 0.5) is 5.95 Å². The van der Waals surface area contributed by atoms with Crippen LogP contribution in [-0.2, 0) is 0 Å². The fraction of sp³-hybridized carbons (Fsp3) is 0.357. The van der Waals surface area contributed by atoms with Crippen molar-refractivity contribution in [2.75, 3.05) is 31.1 Å². The Labute approximate surface area is 225 Å². The number of amides is 1. The van der Waals surface area contributed by atoms with Gasteiger partial charge >= 0.3 is 0 Å². The maximum Gasteiger partial charge on any atom is 0.255 e. The lowest BCUT2D eigenvalue weighted by atomic mass is 10.2. The van der Waals surface area contributed by atoms with Crippen LogP contribution in [0.2, 0.25) is 5.02 Å². The van der Waals surface area contributed by atoms with E-state index in [1.807, 2.05) is 35.2 Å². The summed E-state index contributed by atoms with van der Waals surface area (Å²) in [5.41, 5.74) is 4.68. The Hall–Kier alpha value is -3.23. The van der Waals surface area contributed by atoms with Crippen molar-refractivity contribution in [3.05, 3.63) is 70.5 Å². The third-order valence-electron chi connectivity index (χ3n) is 7.48. The average molecular weight is 533 g/mol. The van der Waals surface area contributed by atoms with Gasteiger partial charge in [0.05, 0.1) is 22.0 Å². The molecule has 4 heterocycles. The van der Waals surface area contributed by atoms with Gasteiger partial charge in [0.15, 0.2) is 0 Å². The number of rotatable bonds is 5. The molecule has 1 saturated heterocycles. The number of hydrogen-bond donors (Lipinski definition) is 0. The van der Waals surface area contributed by atoms with E-state index in [2.05, 4.69) is 37.8 Å². The fourth-order valence-corrected chi connectivity index (χ4v) is 6.69. The summed E-state index contributed by atoms with van der Waals surface area (Å²) in [6, 6.07) is 12.1. The molecule has 1 aliphatic heterocycles. The molecular formula is C28H29ClN6OS. The highest BCUT2D eigenvalue weighted by Crippen LogP contribution is 2.39. The third-order valence-corrected chi connectivity index (χ3v) is 8.69. The quantitative estimate of drug-likeness (QED) is 0.310. The number of carbonyl (C=O) groups is 1. The lowest BCUT2D eigenvalue weighted by Crippen LogP contribution is -2.49. The summed E-state index contributed by atoms with van der Waals surface area (Å²) >= 11 is 8.05. The van der Waals surface area contributed by atoms with E-state index < -0.39 is 0 Å². The first-order chi connectivity index (χ1) is 18.1. The minimum absolute atomic E-state index is 0.0886. The van der Waals surface area contributed by atoms with Crippen LogP contribution in [0.5, 0.6) is 0 Å². The number of carbonyl (C=O) groups excluding carboxylic acids is 1. The van der Waals surface area contributed by atoms with Crippen molar-refractivity contribution in [1.29, 1.82) is 0 Å². The molecular weight excluding hydrogens is 504 g/mol. The van der Waals surface area contributed by atoms with Gasteiger partial charge in [-0.05, 0) is 38.0 Å². The van der Waals surface area contributed by atoms with Gasteiger partial charge in [0.25, 0.3) is 5.91 Å². The van der Waals surface area contributed by atoms with Gasteiger partial charge in [-0.3, -0.25) is 4.79 Å². The molecule has 2 aliphatic rings. The Kier molecular flexibility index (Phi) is 6.69. The zero-order chi connectivity index (χ0) is 25.4. The standard InChI is InChI=1S/C28H29ClN6OS/c1-19-22(27(36)33-13-15-34(16-14-33)28-30-11-6-12-31-28)17-25(35(19)20-7-2-3-8-20)24-18-37-26(32-24)21-9-4-5-10-23(21)29/h4-6,9-12,17-18,20H,2-3,7-8,13-16H2,1H3. The van der Waals surface area contributed by atoms with Crippen LogP contribution in [0, 0.1) is 6.92 Å². The van der Waals surface area contributed by atoms with Gasteiger partial charge in [-0.1, -0.05) is 42.6 Å². The molecule has 0 atom stereocenters. The molecule has 6 rings (SSSR count). The number of piperazine rings is 1. The maximum atomic E-state index is 13.8. The highest BCUT2D eigenvalue weighted by molar-refractivity contribution is 7.13. The number of anilines is 1. The van der Waals surface area contributed by atoms with Gasteiger partial charge in [-0.25, -0.2) is 15.0 Å². The number of benzene rings is 1. The minimum Gasteiger partial charge on any atom is -0.340 e. The molecule has 3 aromatic heterocycles. The van der Waals surface area contributed by atoms with E-state index in [0.29, 0.717) is 24.2 Å². The molecule has 1 amide bonds. The normalized spacial score (nSPS) is 16.5. The summed E-state index contributed by atoms with van der Waals surface area (Å²) in [5, 5.41) is 3.68. The van der Waals surface area contributed by atoms with Crippen molar-refractivity contribution < 1.29 is 4.79 Å². The van der Waals surface area contributed by atoms with Gasteiger partial charge in [-0.2, -0.15) is 0 Å². The second-order valence-electron chi connectivity index (χ2n) is 9.68. The molecule has 0 radical (unpaired) electrons. The van der Waals surface area contributed by atoms with Crippen LogP contribution in [0.25, 0.3) is 22.0 Å². The predicted octanol–water partition coefficient (Wildman–Crippen LogP) is 6.11. The van der Waals surface area contributed by atoms with E-state index in [4.69, 9.17) is 16.6 Å². The molecule has 0 bridgehead atoms. The van der Waals surface area contributed by atoms with Crippen molar-refractivity contribution in [3.63, 3.8) is 0 Å². The van der Waals surface area contributed by atoms with Gasteiger partial charge in [-0.15, -0.1) is 11.3 Å². The monoisotopic (exact) mass is 532 g/mol. The molecule has 2 fully saturated rings. The molecule has 1 aliphatic carbocycles. The van der Waals surface area contributed by atoms with Crippen molar-refractivity contribution in [2.45, 2.75) is 38.6 Å². The van der Waals surface area contributed by atoms with Gasteiger partial charge in [0.1, 0.15) is 5.01 Å². The first-order valence-corrected chi connectivity index (χ1v) is 14.1. The smallest absolute Gasteiger partial charge is 0.255 e. The predicted molar refractivity (Wildman–Crippen MR) is 148 cm³/mol. The summed E-state index contributed by atoms with van der Waals surface area (Å²) in [6.07, 6.45) is 8.21. The summed E-state index contributed by atoms with van der Waals surface area (Å²) in [6.45, 7) is 4.82.